The molecule has 1 aromatic heterocycles. The van der Waals surface area contributed by atoms with E-state index in [-0.39, 0.29) is 22.3 Å². The zero-order valence-electron chi connectivity index (χ0n) is 8.43. The Kier molecular flexibility index (Phi) is 4.99. The second-order valence-corrected chi connectivity index (χ2v) is 4.19. The van der Waals surface area contributed by atoms with Crippen LogP contribution in [0, 0.1) is 0 Å². The normalized spacial score (nSPS) is 12.5. The Balaban J connectivity index is 2.36. The number of alkyl halides is 1. The molecule has 1 heterocycles. The summed E-state index contributed by atoms with van der Waals surface area (Å²) in [5.74, 6) is -0.0796. The highest BCUT2D eigenvalue weighted by molar-refractivity contribution is 6.29. The Hall–Kier alpha value is -0.670. The molecular formula is C10H13Cl2NO2. The van der Waals surface area contributed by atoms with Gasteiger partial charge in [0.1, 0.15) is 0 Å². The highest BCUT2D eigenvalue weighted by Crippen LogP contribution is 2.13. The predicted octanol–water partition coefficient (Wildman–Crippen LogP) is 3.07. The monoisotopic (exact) mass is 249 g/mol. The smallest absolute Gasteiger partial charge is 0.287 e. The quantitative estimate of drug-likeness (QED) is 0.816. The molecule has 5 heteroatoms. The summed E-state index contributed by atoms with van der Waals surface area (Å²) in [5.41, 5.74) is 0. The summed E-state index contributed by atoms with van der Waals surface area (Å²) in [6, 6.07) is 3.06. The highest BCUT2D eigenvalue weighted by Gasteiger charge is 2.11. The van der Waals surface area contributed by atoms with E-state index in [2.05, 4.69) is 5.32 Å². The van der Waals surface area contributed by atoms with Crippen LogP contribution in [0.2, 0.25) is 5.22 Å². The van der Waals surface area contributed by atoms with Crippen molar-refractivity contribution in [2.75, 3.05) is 6.54 Å². The average Bonchev–Trinajstić information content (AvgIpc) is 2.62. The molecule has 3 nitrogen and oxygen atoms in total. The fourth-order valence-electron chi connectivity index (χ4n) is 1.14. The van der Waals surface area contributed by atoms with Crippen LogP contribution in [0.5, 0.6) is 0 Å². The number of furan rings is 1. The number of nitrogens with one attached hydrogen (secondary N) is 1. The minimum absolute atomic E-state index is 0.0376. The first-order chi connectivity index (χ1) is 7.13. The number of carbonyl (C=O) groups is 1. The van der Waals surface area contributed by atoms with Crippen LogP contribution in [0.15, 0.2) is 16.5 Å². The van der Waals surface area contributed by atoms with E-state index in [9.17, 15) is 4.79 Å². The first-order valence-corrected chi connectivity index (χ1v) is 5.62. The highest BCUT2D eigenvalue weighted by atomic mass is 35.5. The van der Waals surface area contributed by atoms with Crippen LogP contribution in [-0.4, -0.2) is 17.8 Å². The molecule has 15 heavy (non-hydrogen) atoms. The maximum absolute atomic E-state index is 11.4. The van der Waals surface area contributed by atoms with Crippen molar-refractivity contribution in [1.29, 1.82) is 0 Å². The van der Waals surface area contributed by atoms with Gasteiger partial charge in [-0.15, -0.1) is 11.6 Å². The van der Waals surface area contributed by atoms with Crippen LogP contribution in [0.4, 0.5) is 0 Å². The Labute approximate surface area is 98.7 Å². The van der Waals surface area contributed by atoms with E-state index in [0.29, 0.717) is 6.54 Å². The van der Waals surface area contributed by atoms with Gasteiger partial charge in [0.15, 0.2) is 11.0 Å². The number of halogens is 2. The van der Waals surface area contributed by atoms with Gasteiger partial charge in [-0.1, -0.05) is 13.3 Å². The van der Waals surface area contributed by atoms with Crippen LogP contribution in [0.1, 0.15) is 30.3 Å². The topological polar surface area (TPSA) is 42.2 Å². The van der Waals surface area contributed by atoms with Crippen LogP contribution < -0.4 is 5.32 Å². The maximum atomic E-state index is 11.4. The van der Waals surface area contributed by atoms with Gasteiger partial charge in [-0.25, -0.2) is 0 Å². The largest absolute Gasteiger partial charge is 0.440 e. The molecule has 1 rings (SSSR count). The van der Waals surface area contributed by atoms with Crippen LogP contribution in [0.3, 0.4) is 0 Å². The van der Waals surface area contributed by atoms with Gasteiger partial charge < -0.3 is 9.73 Å². The molecule has 0 fully saturated rings. The minimum Gasteiger partial charge on any atom is -0.440 e. The van der Waals surface area contributed by atoms with Crippen molar-refractivity contribution in [2.24, 2.45) is 0 Å². The number of amides is 1. The third-order valence-corrected chi connectivity index (χ3v) is 2.46. The van der Waals surface area contributed by atoms with E-state index in [1.165, 1.54) is 12.1 Å². The lowest BCUT2D eigenvalue weighted by Gasteiger charge is -2.08. The van der Waals surface area contributed by atoms with Gasteiger partial charge in [-0.05, 0) is 30.2 Å². The lowest BCUT2D eigenvalue weighted by atomic mass is 10.2. The zero-order valence-corrected chi connectivity index (χ0v) is 9.94. The molecule has 1 amide bonds. The van der Waals surface area contributed by atoms with Crippen LogP contribution in [-0.2, 0) is 0 Å². The molecule has 1 aromatic rings. The zero-order chi connectivity index (χ0) is 11.3. The van der Waals surface area contributed by atoms with Gasteiger partial charge in [0, 0.05) is 6.54 Å². The van der Waals surface area contributed by atoms with Gasteiger partial charge in [0.2, 0.25) is 0 Å². The van der Waals surface area contributed by atoms with Crippen LogP contribution in [0.25, 0.3) is 0 Å². The van der Waals surface area contributed by atoms with E-state index < -0.39 is 0 Å². The van der Waals surface area contributed by atoms with Crippen molar-refractivity contribution in [2.45, 2.75) is 25.1 Å². The summed E-state index contributed by atoms with van der Waals surface area (Å²) in [5, 5.41) is 2.84. The summed E-state index contributed by atoms with van der Waals surface area (Å²) < 4.78 is 4.95. The molecule has 0 bridgehead atoms. The van der Waals surface area contributed by atoms with E-state index in [0.717, 1.165) is 12.8 Å². The lowest BCUT2D eigenvalue weighted by Crippen LogP contribution is -2.29. The lowest BCUT2D eigenvalue weighted by molar-refractivity contribution is 0.0925. The molecule has 84 valence electrons. The molecular weight excluding hydrogens is 237 g/mol. The molecule has 1 atom stereocenters. The number of hydrogen-bond acceptors (Lipinski definition) is 2. The summed E-state index contributed by atoms with van der Waals surface area (Å²) in [6.45, 7) is 2.48. The first-order valence-electron chi connectivity index (χ1n) is 4.81. The van der Waals surface area contributed by atoms with E-state index in [1.54, 1.807) is 0 Å². The van der Waals surface area contributed by atoms with Crippen LogP contribution >= 0.6 is 23.2 Å². The fourth-order valence-corrected chi connectivity index (χ4v) is 1.58. The summed E-state index contributed by atoms with van der Waals surface area (Å²) in [7, 11) is 0. The SMILES string of the molecule is CCCC(Cl)CNC(=O)c1ccc(Cl)o1. The predicted molar refractivity (Wildman–Crippen MR) is 60.6 cm³/mol. The Morgan fingerprint density at radius 1 is 1.60 bits per heavy atom. The van der Waals surface area contributed by atoms with E-state index in [1.807, 2.05) is 6.92 Å². The van der Waals surface area contributed by atoms with Crippen molar-refractivity contribution < 1.29 is 9.21 Å². The fraction of sp³-hybridized carbons (Fsp3) is 0.500. The van der Waals surface area contributed by atoms with Crippen molar-refractivity contribution in [1.82, 2.24) is 5.32 Å². The molecule has 1 unspecified atom stereocenters. The van der Waals surface area contributed by atoms with Gasteiger partial charge in [0.05, 0.1) is 5.38 Å². The second kappa shape index (κ2) is 6.03. The van der Waals surface area contributed by atoms with Gasteiger partial charge >= 0.3 is 0 Å². The van der Waals surface area contributed by atoms with Crippen molar-refractivity contribution in [3.05, 3.63) is 23.1 Å². The molecule has 0 aliphatic rings. The Morgan fingerprint density at radius 3 is 2.87 bits per heavy atom. The standard InChI is InChI=1S/C10H13Cl2NO2/c1-2-3-7(11)6-13-10(14)8-4-5-9(12)15-8/h4-5,7H,2-3,6H2,1H3,(H,13,14). The molecule has 0 radical (unpaired) electrons. The molecule has 0 aromatic carbocycles. The molecule has 1 N–H and O–H groups in total. The van der Waals surface area contributed by atoms with E-state index >= 15 is 0 Å². The summed E-state index contributed by atoms with van der Waals surface area (Å²) >= 11 is 11.5. The maximum Gasteiger partial charge on any atom is 0.287 e. The second-order valence-electron chi connectivity index (χ2n) is 3.20. The average molecular weight is 250 g/mol. The summed E-state index contributed by atoms with van der Waals surface area (Å²) in [6.07, 6.45) is 1.87. The minimum atomic E-state index is -0.288. The first kappa shape index (κ1) is 12.4. The van der Waals surface area contributed by atoms with Gasteiger partial charge in [0.25, 0.3) is 5.91 Å². The molecule has 0 aliphatic carbocycles. The third kappa shape index (κ3) is 4.14. The molecule has 0 aliphatic heterocycles. The summed E-state index contributed by atoms with van der Waals surface area (Å²) in [4.78, 5) is 11.4. The van der Waals surface area contributed by atoms with Crippen molar-refractivity contribution in [3.63, 3.8) is 0 Å². The Bertz CT molecular complexity index is 325. The number of rotatable bonds is 5. The van der Waals surface area contributed by atoms with Crippen molar-refractivity contribution >= 4 is 29.1 Å². The number of hydrogen-bond donors (Lipinski definition) is 1. The third-order valence-electron chi connectivity index (χ3n) is 1.88. The van der Waals surface area contributed by atoms with Gasteiger partial charge in [-0.3, -0.25) is 4.79 Å². The number of carbonyl (C=O) groups excluding carboxylic acids is 1. The van der Waals surface area contributed by atoms with Gasteiger partial charge in [-0.2, -0.15) is 0 Å². The molecule has 0 spiro atoms. The van der Waals surface area contributed by atoms with Crippen molar-refractivity contribution in [3.8, 4) is 0 Å². The molecule has 0 saturated carbocycles. The van der Waals surface area contributed by atoms with E-state index in [4.69, 9.17) is 27.6 Å². The molecule has 0 saturated heterocycles. The Morgan fingerprint density at radius 2 is 2.33 bits per heavy atom.